The minimum Gasteiger partial charge on any atom is -0.338 e. The van der Waals surface area contributed by atoms with Crippen LogP contribution in [0.1, 0.15) is 46.5 Å². The lowest BCUT2D eigenvalue weighted by molar-refractivity contribution is -0.127. The summed E-state index contributed by atoms with van der Waals surface area (Å²) in [5.41, 5.74) is 6.47. The molecule has 0 bridgehead atoms. The molecule has 1 aliphatic rings. The molecule has 1 saturated heterocycles. The summed E-state index contributed by atoms with van der Waals surface area (Å²) in [6.07, 6.45) is 2.43. The van der Waals surface area contributed by atoms with Crippen LogP contribution in [-0.2, 0) is 18.4 Å². The Balaban J connectivity index is 1.52. The van der Waals surface area contributed by atoms with Gasteiger partial charge in [0.2, 0.25) is 11.7 Å². The van der Waals surface area contributed by atoms with E-state index in [-0.39, 0.29) is 17.9 Å². The van der Waals surface area contributed by atoms with Crippen LogP contribution in [0.3, 0.4) is 0 Å². The Labute approximate surface area is 170 Å². The number of amides is 1. The molecule has 8 nitrogen and oxygen atoms in total. The van der Waals surface area contributed by atoms with Gasteiger partial charge in [0.15, 0.2) is 0 Å². The predicted octanol–water partition coefficient (Wildman–Crippen LogP) is 2.01. The lowest BCUT2D eigenvalue weighted by atomic mass is 9.92. The molecule has 0 radical (unpaired) electrons. The van der Waals surface area contributed by atoms with Crippen molar-refractivity contribution in [1.82, 2.24) is 34.4 Å². The minimum absolute atomic E-state index is 0.0527. The van der Waals surface area contributed by atoms with Crippen LogP contribution in [0.15, 0.2) is 12.3 Å². The van der Waals surface area contributed by atoms with Crippen molar-refractivity contribution < 1.29 is 4.79 Å². The third-order valence-electron chi connectivity index (χ3n) is 6.13. The Morgan fingerprint density at radius 1 is 1.21 bits per heavy atom. The summed E-state index contributed by atoms with van der Waals surface area (Å²) < 4.78 is 3.99. The predicted molar refractivity (Wildman–Crippen MR) is 110 cm³/mol. The Morgan fingerprint density at radius 2 is 1.97 bits per heavy atom. The van der Waals surface area contributed by atoms with E-state index >= 15 is 0 Å². The van der Waals surface area contributed by atoms with Crippen molar-refractivity contribution in [2.45, 2.75) is 46.7 Å². The maximum atomic E-state index is 12.5. The summed E-state index contributed by atoms with van der Waals surface area (Å²) in [7, 11) is 3.86. The minimum atomic E-state index is 0.0527. The molecule has 1 fully saturated rings. The second-order valence-electron chi connectivity index (χ2n) is 8.18. The molecule has 2 atom stereocenters. The van der Waals surface area contributed by atoms with Gasteiger partial charge in [0.25, 0.3) is 0 Å². The van der Waals surface area contributed by atoms with E-state index in [0.29, 0.717) is 13.0 Å². The van der Waals surface area contributed by atoms with Gasteiger partial charge in [0, 0.05) is 62.2 Å². The van der Waals surface area contributed by atoms with Crippen molar-refractivity contribution in [2.24, 2.45) is 13.0 Å². The summed E-state index contributed by atoms with van der Waals surface area (Å²) in [5, 5.41) is 8.12. The highest BCUT2D eigenvalue weighted by Gasteiger charge is 2.40. The van der Waals surface area contributed by atoms with Crippen LogP contribution in [0.4, 0.5) is 0 Å². The summed E-state index contributed by atoms with van der Waals surface area (Å²) in [5.74, 6) is 1.12. The normalized spacial score (nSPS) is 19.7. The van der Waals surface area contributed by atoms with E-state index < -0.39 is 0 Å². The van der Waals surface area contributed by atoms with Gasteiger partial charge in [-0.25, -0.2) is 9.97 Å². The van der Waals surface area contributed by atoms with Crippen LogP contribution in [0.5, 0.6) is 0 Å². The van der Waals surface area contributed by atoms with Gasteiger partial charge in [-0.05, 0) is 33.8 Å². The van der Waals surface area contributed by atoms with Gasteiger partial charge < -0.3 is 10.2 Å². The molecular formula is C21H29N7O. The number of hydrogen-bond donors (Lipinski definition) is 1. The number of aromatic nitrogens is 5. The van der Waals surface area contributed by atoms with Gasteiger partial charge in [-0.3, -0.25) is 13.9 Å². The number of carbonyl (C=O) groups is 1. The Kier molecular flexibility index (Phi) is 4.90. The molecule has 1 amide bonds. The SMILES string of the molecule is Cc1cc(C)n2c(CNC[C@@H]3CC(=O)N(C)[C@H]3c3c(C)nn(C)c3C)cnc2n1. The zero-order valence-electron chi connectivity index (χ0n) is 18.0. The number of fused-ring (bicyclic) bond motifs is 1. The second-order valence-corrected chi connectivity index (χ2v) is 8.18. The first kappa shape index (κ1) is 19.6. The number of hydrogen-bond acceptors (Lipinski definition) is 5. The molecule has 0 aromatic carbocycles. The smallest absolute Gasteiger partial charge is 0.234 e. The molecule has 29 heavy (non-hydrogen) atoms. The van der Waals surface area contributed by atoms with Crippen LogP contribution in [0.25, 0.3) is 5.78 Å². The third-order valence-corrected chi connectivity index (χ3v) is 6.13. The zero-order valence-corrected chi connectivity index (χ0v) is 18.0. The lowest BCUT2D eigenvalue weighted by Crippen LogP contribution is -2.30. The van der Waals surface area contributed by atoms with Crippen molar-refractivity contribution in [2.75, 3.05) is 13.6 Å². The number of likely N-dealkylation sites (tertiary alicyclic amines) is 1. The van der Waals surface area contributed by atoms with E-state index in [1.54, 1.807) is 0 Å². The van der Waals surface area contributed by atoms with Crippen molar-refractivity contribution in [1.29, 1.82) is 0 Å². The molecule has 154 valence electrons. The highest BCUT2D eigenvalue weighted by atomic mass is 16.2. The van der Waals surface area contributed by atoms with Gasteiger partial charge in [-0.1, -0.05) is 0 Å². The number of nitrogens with zero attached hydrogens (tertiary/aromatic N) is 6. The first-order chi connectivity index (χ1) is 13.8. The van der Waals surface area contributed by atoms with Crippen LogP contribution in [0, 0.1) is 33.6 Å². The van der Waals surface area contributed by atoms with Crippen LogP contribution >= 0.6 is 0 Å². The first-order valence-electron chi connectivity index (χ1n) is 10.0. The summed E-state index contributed by atoms with van der Waals surface area (Å²) in [6, 6.07) is 2.11. The van der Waals surface area contributed by atoms with E-state index in [4.69, 9.17) is 0 Å². The van der Waals surface area contributed by atoms with Gasteiger partial charge in [0.05, 0.1) is 23.6 Å². The summed E-state index contributed by atoms with van der Waals surface area (Å²) >= 11 is 0. The number of imidazole rings is 1. The number of aryl methyl sites for hydroxylation is 4. The van der Waals surface area contributed by atoms with Crippen molar-refractivity contribution in [3.05, 3.63) is 46.3 Å². The quantitative estimate of drug-likeness (QED) is 0.715. The average molecular weight is 396 g/mol. The molecule has 0 spiro atoms. The fraction of sp³-hybridized carbons (Fsp3) is 0.524. The molecule has 0 saturated carbocycles. The second kappa shape index (κ2) is 7.26. The van der Waals surface area contributed by atoms with E-state index in [1.807, 2.05) is 43.7 Å². The topological polar surface area (TPSA) is 80.4 Å². The third kappa shape index (κ3) is 3.31. The molecule has 3 aromatic rings. The number of rotatable bonds is 5. The summed E-state index contributed by atoms with van der Waals surface area (Å²) in [6.45, 7) is 9.59. The highest BCUT2D eigenvalue weighted by molar-refractivity contribution is 5.79. The first-order valence-corrected chi connectivity index (χ1v) is 10.0. The molecule has 1 aliphatic heterocycles. The maximum absolute atomic E-state index is 12.5. The molecule has 3 aromatic heterocycles. The Bertz CT molecular complexity index is 1080. The highest BCUT2D eigenvalue weighted by Crippen LogP contribution is 2.39. The molecule has 1 N–H and O–H groups in total. The zero-order chi connectivity index (χ0) is 20.9. The molecule has 0 unspecified atom stereocenters. The molecular weight excluding hydrogens is 366 g/mol. The van der Waals surface area contributed by atoms with E-state index in [9.17, 15) is 4.79 Å². The van der Waals surface area contributed by atoms with Gasteiger partial charge in [-0.2, -0.15) is 5.10 Å². The van der Waals surface area contributed by atoms with Crippen LogP contribution in [0.2, 0.25) is 0 Å². The Hall–Kier alpha value is -2.74. The monoisotopic (exact) mass is 395 g/mol. The lowest BCUT2D eigenvalue weighted by Gasteiger charge is -2.26. The fourth-order valence-corrected chi connectivity index (χ4v) is 4.69. The van der Waals surface area contributed by atoms with Crippen LogP contribution in [-0.4, -0.2) is 48.5 Å². The fourth-order valence-electron chi connectivity index (χ4n) is 4.69. The van der Waals surface area contributed by atoms with Gasteiger partial charge in [0.1, 0.15) is 0 Å². The average Bonchev–Trinajstić information content (AvgIpc) is 3.25. The number of carbonyl (C=O) groups excluding carboxylic acids is 1. The molecule has 8 heteroatoms. The Morgan fingerprint density at radius 3 is 2.66 bits per heavy atom. The van der Waals surface area contributed by atoms with E-state index in [1.165, 1.54) is 5.56 Å². The standard InChI is InChI=1S/C21H29N7O/c1-12-7-13(2)28-17(11-23-21(28)24-12)10-22-9-16-8-18(29)26(5)20(16)19-14(3)25-27(6)15(19)4/h7,11,16,20,22H,8-10H2,1-6H3/t16-,20+/m0/s1. The summed E-state index contributed by atoms with van der Waals surface area (Å²) in [4.78, 5) is 23.3. The van der Waals surface area contributed by atoms with Crippen molar-refractivity contribution in [3.8, 4) is 0 Å². The largest absolute Gasteiger partial charge is 0.338 e. The van der Waals surface area contributed by atoms with Gasteiger partial charge >= 0.3 is 0 Å². The molecule has 4 rings (SSSR count). The van der Waals surface area contributed by atoms with Crippen molar-refractivity contribution >= 4 is 11.7 Å². The molecule has 0 aliphatic carbocycles. The molecule has 4 heterocycles. The van der Waals surface area contributed by atoms with E-state index in [0.717, 1.165) is 40.8 Å². The van der Waals surface area contributed by atoms with Gasteiger partial charge in [-0.15, -0.1) is 0 Å². The number of nitrogens with one attached hydrogen (secondary N) is 1. The van der Waals surface area contributed by atoms with E-state index in [2.05, 4.69) is 44.7 Å². The van der Waals surface area contributed by atoms with Crippen LogP contribution < -0.4 is 5.32 Å². The van der Waals surface area contributed by atoms with Crippen molar-refractivity contribution in [3.63, 3.8) is 0 Å². The maximum Gasteiger partial charge on any atom is 0.234 e.